The van der Waals surface area contributed by atoms with Gasteiger partial charge < -0.3 is 30.0 Å². The van der Waals surface area contributed by atoms with Crippen molar-refractivity contribution >= 4 is 6.03 Å². The van der Waals surface area contributed by atoms with Crippen molar-refractivity contribution in [3.05, 3.63) is 95.1 Å². The van der Waals surface area contributed by atoms with E-state index in [0.29, 0.717) is 19.1 Å². The minimum absolute atomic E-state index is 0.0116. The van der Waals surface area contributed by atoms with Crippen LogP contribution in [0.15, 0.2) is 72.8 Å². The van der Waals surface area contributed by atoms with E-state index in [9.17, 15) is 9.90 Å². The Bertz CT molecular complexity index is 1280. The fraction of sp³-hybridized carbons (Fsp3) is 0.441. The van der Waals surface area contributed by atoms with Crippen LogP contribution in [-0.4, -0.2) is 61.5 Å². The molecule has 8 heteroatoms. The maximum absolute atomic E-state index is 11.8. The molecular weight excluding hydrogens is 530 g/mol. The van der Waals surface area contributed by atoms with E-state index in [1.807, 2.05) is 31.2 Å². The van der Waals surface area contributed by atoms with E-state index >= 15 is 0 Å². The fourth-order valence-electron chi connectivity index (χ4n) is 5.91. The van der Waals surface area contributed by atoms with E-state index in [0.717, 1.165) is 65.9 Å². The van der Waals surface area contributed by atoms with Gasteiger partial charge in [0.25, 0.3) is 0 Å². The number of carbonyl (C=O) groups is 1. The molecule has 0 spiro atoms. The van der Waals surface area contributed by atoms with Gasteiger partial charge in [0.05, 0.1) is 25.4 Å². The van der Waals surface area contributed by atoms with E-state index in [1.165, 1.54) is 6.42 Å². The van der Waals surface area contributed by atoms with Gasteiger partial charge in [-0.2, -0.15) is 0 Å². The molecule has 42 heavy (non-hydrogen) atoms. The summed E-state index contributed by atoms with van der Waals surface area (Å²) in [4.78, 5) is 14.3. The van der Waals surface area contributed by atoms with Gasteiger partial charge in [0.15, 0.2) is 6.29 Å². The number of hydrogen-bond donors (Lipinski definition) is 3. The van der Waals surface area contributed by atoms with Crippen LogP contribution < -0.4 is 10.6 Å². The molecule has 2 heterocycles. The van der Waals surface area contributed by atoms with Gasteiger partial charge in [-0.3, -0.25) is 4.90 Å². The summed E-state index contributed by atoms with van der Waals surface area (Å²) in [5.74, 6) is 0. The summed E-state index contributed by atoms with van der Waals surface area (Å²) < 4.78 is 18.7. The average molecular weight is 574 g/mol. The summed E-state index contributed by atoms with van der Waals surface area (Å²) in [5, 5.41) is 15.1. The minimum atomic E-state index is -0.489. The molecule has 5 rings (SSSR count). The molecule has 8 nitrogen and oxygen atoms in total. The first-order valence-electron chi connectivity index (χ1n) is 15.0. The lowest BCUT2D eigenvalue weighted by Crippen LogP contribution is -2.42. The van der Waals surface area contributed by atoms with E-state index < -0.39 is 6.29 Å². The number of carbonyl (C=O) groups excluding carboxylic acids is 1. The fourth-order valence-corrected chi connectivity index (χ4v) is 5.91. The molecule has 0 aromatic heterocycles. The highest BCUT2D eigenvalue weighted by atomic mass is 16.7. The predicted octanol–water partition coefficient (Wildman–Crippen LogP) is 5.32. The molecule has 2 fully saturated rings. The molecule has 0 aliphatic carbocycles. The minimum Gasteiger partial charge on any atom is -0.392 e. The third kappa shape index (κ3) is 7.76. The Kier molecular flexibility index (Phi) is 10.6. The quantitative estimate of drug-likeness (QED) is 0.288. The molecule has 2 aliphatic rings. The molecule has 2 saturated heterocycles. The summed E-state index contributed by atoms with van der Waals surface area (Å²) in [6, 6.07) is 24.8. The number of methoxy groups -OCH3 is 1. The second-order valence-corrected chi connectivity index (χ2v) is 11.1. The number of nitrogens with one attached hydrogen (secondary N) is 2. The van der Waals surface area contributed by atoms with Crippen LogP contribution in [0.5, 0.6) is 0 Å². The number of benzene rings is 3. The van der Waals surface area contributed by atoms with Gasteiger partial charge in [-0.05, 0) is 60.2 Å². The first kappa shape index (κ1) is 30.2. The van der Waals surface area contributed by atoms with Crippen molar-refractivity contribution in [2.45, 2.75) is 63.9 Å². The first-order valence-corrected chi connectivity index (χ1v) is 15.0. The largest absolute Gasteiger partial charge is 0.392 e. The van der Waals surface area contributed by atoms with Crippen LogP contribution in [0.1, 0.15) is 60.8 Å². The number of rotatable bonds is 11. The Morgan fingerprint density at radius 3 is 2.50 bits per heavy atom. The third-order valence-electron chi connectivity index (χ3n) is 8.14. The number of likely N-dealkylation sites (tertiary alicyclic amines) is 1. The summed E-state index contributed by atoms with van der Waals surface area (Å²) in [6.07, 6.45) is 2.50. The second kappa shape index (κ2) is 14.8. The Hall–Kier alpha value is -3.27. The molecule has 0 bridgehead atoms. The number of aliphatic hydroxyl groups is 1. The maximum atomic E-state index is 11.8. The smallest absolute Gasteiger partial charge is 0.315 e. The van der Waals surface area contributed by atoms with Crippen molar-refractivity contribution < 1.29 is 24.1 Å². The van der Waals surface area contributed by atoms with Crippen molar-refractivity contribution in [2.75, 3.05) is 33.4 Å². The van der Waals surface area contributed by atoms with Crippen molar-refractivity contribution in [3.63, 3.8) is 0 Å². The maximum Gasteiger partial charge on any atom is 0.315 e. The molecule has 224 valence electrons. The topological polar surface area (TPSA) is 92.3 Å². The highest BCUT2D eigenvalue weighted by Crippen LogP contribution is 2.39. The molecule has 2 aliphatic heterocycles. The van der Waals surface area contributed by atoms with Crippen molar-refractivity contribution in [2.24, 2.45) is 0 Å². The third-order valence-corrected chi connectivity index (χ3v) is 8.14. The zero-order valence-electron chi connectivity index (χ0n) is 24.6. The highest BCUT2D eigenvalue weighted by Gasteiger charge is 2.35. The standard InChI is InChI=1S/C34H43N3O5/c1-3-35-34(39)36-20-25-6-4-7-29(18-25)26-13-15-28(16-14-26)33-41-31(21-37-17-5-8-30(37)23-40-2)19-32(42-33)27-11-9-24(22-38)10-12-27/h4,6-7,9-16,18,30-33,38H,3,5,8,17,19-23H2,1-2H3,(H2,35,36,39). The summed E-state index contributed by atoms with van der Waals surface area (Å²) in [7, 11) is 1.77. The lowest BCUT2D eigenvalue weighted by molar-refractivity contribution is -0.253. The molecule has 2 amide bonds. The SMILES string of the molecule is CCNC(=O)NCc1cccc(-c2ccc(C3OC(CN4CCCC4COC)CC(c4ccc(CO)cc4)O3)cc2)c1. The zero-order valence-corrected chi connectivity index (χ0v) is 24.6. The molecule has 0 radical (unpaired) electrons. The van der Waals surface area contributed by atoms with Crippen LogP contribution in [0, 0.1) is 0 Å². The normalized spacial score (nSPS) is 22.6. The zero-order chi connectivity index (χ0) is 29.3. The van der Waals surface area contributed by atoms with E-state index in [2.05, 4.69) is 64.1 Å². The van der Waals surface area contributed by atoms with Crippen LogP contribution in [-0.2, 0) is 27.4 Å². The Balaban J connectivity index is 1.31. The van der Waals surface area contributed by atoms with Crippen LogP contribution in [0.25, 0.3) is 11.1 Å². The second-order valence-electron chi connectivity index (χ2n) is 11.1. The first-order chi connectivity index (χ1) is 20.6. The van der Waals surface area contributed by atoms with Crippen molar-refractivity contribution in [3.8, 4) is 11.1 Å². The molecule has 3 aromatic carbocycles. The average Bonchev–Trinajstić information content (AvgIpc) is 3.46. The monoisotopic (exact) mass is 573 g/mol. The number of amides is 2. The van der Waals surface area contributed by atoms with Gasteiger partial charge in [0.1, 0.15) is 0 Å². The Morgan fingerprint density at radius 2 is 1.76 bits per heavy atom. The Morgan fingerprint density at radius 1 is 0.976 bits per heavy atom. The van der Waals surface area contributed by atoms with E-state index in [-0.39, 0.29) is 24.8 Å². The molecule has 0 saturated carbocycles. The van der Waals surface area contributed by atoms with E-state index in [4.69, 9.17) is 14.2 Å². The van der Waals surface area contributed by atoms with Gasteiger partial charge in [-0.25, -0.2) is 4.79 Å². The number of hydrogen-bond acceptors (Lipinski definition) is 6. The number of urea groups is 1. The van der Waals surface area contributed by atoms with E-state index in [1.54, 1.807) is 7.11 Å². The van der Waals surface area contributed by atoms with Crippen LogP contribution in [0.2, 0.25) is 0 Å². The van der Waals surface area contributed by atoms with Crippen LogP contribution in [0.4, 0.5) is 4.79 Å². The number of ether oxygens (including phenoxy) is 3. The molecule has 4 unspecified atom stereocenters. The molecule has 3 aromatic rings. The lowest BCUT2D eigenvalue weighted by Gasteiger charge is -2.38. The van der Waals surface area contributed by atoms with Gasteiger partial charge >= 0.3 is 6.03 Å². The van der Waals surface area contributed by atoms with Crippen LogP contribution >= 0.6 is 0 Å². The van der Waals surface area contributed by atoms with Gasteiger partial charge in [0, 0.05) is 44.8 Å². The van der Waals surface area contributed by atoms with Crippen LogP contribution in [0.3, 0.4) is 0 Å². The van der Waals surface area contributed by atoms with Gasteiger partial charge in [0.2, 0.25) is 0 Å². The summed E-state index contributed by atoms with van der Waals surface area (Å²) in [5.41, 5.74) is 6.16. The number of aliphatic hydroxyl groups excluding tert-OH is 1. The summed E-state index contributed by atoms with van der Waals surface area (Å²) in [6.45, 7) is 5.62. The van der Waals surface area contributed by atoms with Gasteiger partial charge in [-0.15, -0.1) is 0 Å². The molecule has 4 atom stereocenters. The highest BCUT2D eigenvalue weighted by molar-refractivity contribution is 5.73. The van der Waals surface area contributed by atoms with Crippen molar-refractivity contribution in [1.82, 2.24) is 15.5 Å². The predicted molar refractivity (Wildman–Crippen MR) is 163 cm³/mol. The lowest BCUT2D eigenvalue weighted by atomic mass is 9.99. The number of nitrogens with zero attached hydrogens (tertiary/aromatic N) is 1. The summed E-state index contributed by atoms with van der Waals surface area (Å²) >= 11 is 0. The molecule has 3 N–H and O–H groups in total. The van der Waals surface area contributed by atoms with Crippen molar-refractivity contribution in [1.29, 1.82) is 0 Å². The molecular formula is C34H43N3O5. The van der Waals surface area contributed by atoms with Gasteiger partial charge in [-0.1, -0.05) is 66.7 Å². The Labute approximate surface area is 249 Å².